The van der Waals surface area contributed by atoms with E-state index in [0.717, 1.165) is 18.3 Å². The predicted molar refractivity (Wildman–Crippen MR) is 93.4 cm³/mol. The number of aliphatic hydroxyl groups is 1. The lowest BCUT2D eigenvalue weighted by Crippen LogP contribution is -2.57. The number of benzene rings is 1. The van der Waals surface area contributed by atoms with Crippen molar-refractivity contribution in [1.29, 1.82) is 0 Å². The van der Waals surface area contributed by atoms with Gasteiger partial charge in [-0.3, -0.25) is 0 Å². The summed E-state index contributed by atoms with van der Waals surface area (Å²) in [4.78, 5) is 0. The number of para-hydroxylation sites is 1. The van der Waals surface area contributed by atoms with Crippen molar-refractivity contribution in [2.45, 2.75) is 45.8 Å². The molecule has 3 saturated carbocycles. The van der Waals surface area contributed by atoms with Crippen LogP contribution in [-0.4, -0.2) is 32.0 Å². The molecule has 24 heavy (non-hydrogen) atoms. The van der Waals surface area contributed by atoms with Gasteiger partial charge in [0.05, 0.1) is 26.9 Å². The molecular weight excluding hydrogens is 304 g/mol. The quantitative estimate of drug-likeness (QED) is 0.859. The van der Waals surface area contributed by atoms with Crippen molar-refractivity contribution >= 4 is 0 Å². The average molecular weight is 334 g/mol. The third-order valence-electron chi connectivity index (χ3n) is 6.54. The first kappa shape index (κ1) is 17.6. The van der Waals surface area contributed by atoms with E-state index in [4.69, 9.17) is 14.2 Å². The van der Waals surface area contributed by atoms with Crippen LogP contribution in [0.5, 0.6) is 11.5 Å². The molecule has 4 rings (SSSR count). The Morgan fingerprint density at radius 3 is 2.54 bits per heavy atom. The highest BCUT2D eigenvalue weighted by Gasteiger charge is 2.56. The number of ether oxygens (including phenoxy) is 3. The number of aliphatic hydroxyl groups excluding tert-OH is 1. The molecule has 4 nitrogen and oxygen atoms in total. The number of fused-ring (bicyclic) bond motifs is 2. The molecule has 3 fully saturated rings. The highest BCUT2D eigenvalue weighted by Crippen LogP contribution is 2.61. The molecule has 3 aliphatic carbocycles. The van der Waals surface area contributed by atoms with Gasteiger partial charge in [0.25, 0.3) is 0 Å². The van der Waals surface area contributed by atoms with E-state index in [1.807, 2.05) is 18.2 Å². The molecule has 3 aliphatic rings. The fourth-order valence-electron chi connectivity index (χ4n) is 4.80. The van der Waals surface area contributed by atoms with Crippen molar-refractivity contribution in [3.63, 3.8) is 0 Å². The van der Waals surface area contributed by atoms with E-state index in [-0.39, 0.29) is 6.10 Å². The minimum atomic E-state index is -0.714. The Kier molecular flexibility index (Phi) is 4.80. The molecule has 134 valence electrons. The molecule has 4 heteroatoms. The third kappa shape index (κ3) is 2.80. The first-order valence-corrected chi connectivity index (χ1v) is 8.90. The van der Waals surface area contributed by atoms with Crippen molar-refractivity contribution in [3.8, 4) is 11.5 Å². The third-order valence-corrected chi connectivity index (χ3v) is 6.54. The summed E-state index contributed by atoms with van der Waals surface area (Å²) in [6.45, 7) is 7.35. The van der Waals surface area contributed by atoms with Gasteiger partial charge >= 0.3 is 0 Å². The summed E-state index contributed by atoms with van der Waals surface area (Å²) < 4.78 is 16.8. The molecular formula is C20H30O4. The van der Waals surface area contributed by atoms with Crippen LogP contribution in [0.15, 0.2) is 18.2 Å². The first-order chi connectivity index (χ1) is 11.4. The minimum absolute atomic E-state index is 0.244. The van der Waals surface area contributed by atoms with Crippen LogP contribution in [-0.2, 0) is 4.74 Å². The largest absolute Gasteiger partial charge is 0.493 e. The maximum absolute atomic E-state index is 10.6. The maximum Gasteiger partial charge on any atom is 0.166 e. The lowest BCUT2D eigenvalue weighted by atomic mass is 9.45. The average Bonchev–Trinajstić information content (AvgIpc) is 2.58. The minimum Gasteiger partial charge on any atom is -0.493 e. The monoisotopic (exact) mass is 334 g/mol. The molecule has 0 radical (unpaired) electrons. The summed E-state index contributed by atoms with van der Waals surface area (Å²) in [5.74, 6) is 3.25. The highest BCUT2D eigenvalue weighted by atomic mass is 16.5. The second-order valence-electron chi connectivity index (χ2n) is 7.93. The first-order valence-electron chi connectivity index (χ1n) is 8.90. The van der Waals surface area contributed by atoms with E-state index in [2.05, 4.69) is 20.8 Å². The Balaban J connectivity index is 1.64. The van der Waals surface area contributed by atoms with Crippen LogP contribution in [0, 0.1) is 23.2 Å². The Labute approximate surface area is 145 Å². The summed E-state index contributed by atoms with van der Waals surface area (Å²) in [6.07, 6.45) is 1.97. The standard InChI is InChI=1S/C20H30O4/c1-12-15-9-13(20(15,2)3)10-18(12)24-11-16(21)14-7-6-8-17(22-4)19(14)23-5/h6-8,12-13,15-16,18,21H,9-11H2,1-5H3/t12-,13+,15+,16?,18-/m1/s1. The molecule has 0 aliphatic heterocycles. The van der Waals surface area contributed by atoms with E-state index in [0.29, 0.717) is 35.0 Å². The SMILES string of the molecule is COc1cccc(C(O)CO[C@@H]2C[C@@H]3C[C@@H]([C@H]2C)C3(C)C)c1OC. The summed E-state index contributed by atoms with van der Waals surface area (Å²) in [5.41, 5.74) is 1.17. The molecule has 5 atom stereocenters. The molecule has 1 N–H and O–H groups in total. The van der Waals surface area contributed by atoms with Gasteiger partial charge in [-0.2, -0.15) is 0 Å². The molecule has 0 heterocycles. The number of hydrogen-bond acceptors (Lipinski definition) is 4. The zero-order chi connectivity index (χ0) is 17.5. The zero-order valence-corrected chi connectivity index (χ0v) is 15.4. The van der Waals surface area contributed by atoms with Gasteiger partial charge in [-0.25, -0.2) is 0 Å². The van der Waals surface area contributed by atoms with Crippen molar-refractivity contribution in [2.24, 2.45) is 23.2 Å². The molecule has 0 amide bonds. The van der Waals surface area contributed by atoms with Crippen LogP contribution in [0.2, 0.25) is 0 Å². The van der Waals surface area contributed by atoms with E-state index < -0.39 is 6.10 Å². The van der Waals surface area contributed by atoms with E-state index in [1.165, 1.54) is 6.42 Å². The molecule has 0 spiro atoms. The van der Waals surface area contributed by atoms with Crippen molar-refractivity contribution in [1.82, 2.24) is 0 Å². The van der Waals surface area contributed by atoms with Gasteiger partial charge in [0.2, 0.25) is 0 Å². The van der Waals surface area contributed by atoms with Gasteiger partial charge in [-0.1, -0.05) is 32.9 Å². The van der Waals surface area contributed by atoms with Gasteiger partial charge in [0, 0.05) is 5.56 Å². The van der Waals surface area contributed by atoms with Gasteiger partial charge in [0.1, 0.15) is 6.10 Å². The van der Waals surface area contributed by atoms with Crippen LogP contribution in [0.25, 0.3) is 0 Å². The van der Waals surface area contributed by atoms with Crippen LogP contribution in [0.3, 0.4) is 0 Å². The Hall–Kier alpha value is -1.26. The highest BCUT2D eigenvalue weighted by molar-refractivity contribution is 5.47. The van der Waals surface area contributed by atoms with E-state index in [9.17, 15) is 5.11 Å². The normalized spacial score (nSPS) is 31.9. The van der Waals surface area contributed by atoms with Crippen LogP contribution in [0.1, 0.15) is 45.3 Å². The molecule has 1 aromatic carbocycles. The van der Waals surface area contributed by atoms with Gasteiger partial charge < -0.3 is 19.3 Å². The van der Waals surface area contributed by atoms with Crippen LogP contribution in [0.4, 0.5) is 0 Å². The van der Waals surface area contributed by atoms with Crippen LogP contribution < -0.4 is 9.47 Å². The van der Waals surface area contributed by atoms with Gasteiger partial charge in [-0.15, -0.1) is 0 Å². The number of hydrogen-bond donors (Lipinski definition) is 1. The van der Waals surface area contributed by atoms with Crippen molar-refractivity contribution < 1.29 is 19.3 Å². The fraction of sp³-hybridized carbons (Fsp3) is 0.700. The maximum atomic E-state index is 10.6. The topological polar surface area (TPSA) is 47.9 Å². The second kappa shape index (κ2) is 6.57. The molecule has 0 aromatic heterocycles. The summed E-state index contributed by atoms with van der Waals surface area (Å²) in [6, 6.07) is 5.55. The van der Waals surface area contributed by atoms with Crippen molar-refractivity contribution in [3.05, 3.63) is 23.8 Å². The summed E-state index contributed by atoms with van der Waals surface area (Å²) in [7, 11) is 3.19. The molecule has 0 saturated heterocycles. The lowest BCUT2D eigenvalue weighted by Gasteiger charge is -2.61. The van der Waals surface area contributed by atoms with Crippen molar-refractivity contribution in [2.75, 3.05) is 20.8 Å². The summed E-state index contributed by atoms with van der Waals surface area (Å²) >= 11 is 0. The number of rotatable bonds is 6. The second-order valence-corrected chi connectivity index (χ2v) is 7.93. The van der Waals surface area contributed by atoms with Crippen LogP contribution >= 0.6 is 0 Å². The Bertz CT molecular complexity index is 583. The molecule has 2 bridgehead atoms. The molecule has 1 aromatic rings. The smallest absolute Gasteiger partial charge is 0.166 e. The van der Waals surface area contributed by atoms with Gasteiger partial charge in [-0.05, 0) is 42.1 Å². The lowest BCUT2D eigenvalue weighted by molar-refractivity contribution is -0.179. The van der Waals surface area contributed by atoms with E-state index in [1.54, 1.807) is 14.2 Å². The predicted octanol–water partition coefficient (Wildman–Crippen LogP) is 3.82. The summed E-state index contributed by atoms with van der Waals surface area (Å²) in [5, 5.41) is 10.6. The Morgan fingerprint density at radius 1 is 1.21 bits per heavy atom. The zero-order valence-electron chi connectivity index (χ0n) is 15.4. The van der Waals surface area contributed by atoms with Gasteiger partial charge in [0.15, 0.2) is 11.5 Å². The fourth-order valence-corrected chi connectivity index (χ4v) is 4.80. The Morgan fingerprint density at radius 2 is 1.96 bits per heavy atom. The van der Waals surface area contributed by atoms with E-state index >= 15 is 0 Å². The number of methoxy groups -OCH3 is 2. The molecule has 1 unspecified atom stereocenters.